The Morgan fingerprint density at radius 1 is 1.03 bits per heavy atom. The van der Waals surface area contributed by atoms with Crippen LogP contribution in [-0.4, -0.2) is 35.0 Å². The number of amides is 1. The number of para-hydroxylation sites is 1. The van der Waals surface area contributed by atoms with Crippen molar-refractivity contribution < 1.29 is 14.3 Å². The van der Waals surface area contributed by atoms with Crippen molar-refractivity contribution in [3.8, 4) is 0 Å². The van der Waals surface area contributed by atoms with Crippen LogP contribution in [0.15, 0.2) is 60.9 Å². The first-order chi connectivity index (χ1) is 14.2. The van der Waals surface area contributed by atoms with Gasteiger partial charge >= 0.3 is 5.97 Å². The lowest BCUT2D eigenvalue weighted by atomic mass is 10.2. The maximum Gasteiger partial charge on any atom is 0.338 e. The predicted octanol–water partition coefficient (Wildman–Crippen LogP) is 3.60. The molecular weight excluding hydrogens is 368 g/mol. The molecule has 0 radical (unpaired) electrons. The molecule has 0 spiro atoms. The standard InChI is InChI=1S/C22H20N4O3/c1-2-29-21(28)16-7-9-18(10-8-16)25-20(27)17-13-23-22(24-14-17)26-12-11-15-5-3-4-6-19(15)26/h3-10,13-14H,2,11-12H2,1H3,(H,25,27). The van der Waals surface area contributed by atoms with Crippen LogP contribution in [0.1, 0.15) is 33.2 Å². The summed E-state index contributed by atoms with van der Waals surface area (Å²) in [6.07, 6.45) is 3.99. The lowest BCUT2D eigenvalue weighted by Crippen LogP contribution is -2.18. The van der Waals surface area contributed by atoms with E-state index in [1.54, 1.807) is 31.2 Å². The normalized spacial score (nSPS) is 12.4. The minimum Gasteiger partial charge on any atom is -0.462 e. The Labute approximate surface area is 168 Å². The van der Waals surface area contributed by atoms with Gasteiger partial charge in [-0.15, -0.1) is 0 Å². The molecule has 1 aromatic heterocycles. The second-order valence-corrected chi connectivity index (χ2v) is 6.55. The topological polar surface area (TPSA) is 84.4 Å². The van der Waals surface area contributed by atoms with E-state index in [0.717, 1.165) is 18.7 Å². The third kappa shape index (κ3) is 3.94. The summed E-state index contributed by atoms with van der Waals surface area (Å²) >= 11 is 0. The smallest absolute Gasteiger partial charge is 0.338 e. The fraction of sp³-hybridized carbons (Fsp3) is 0.182. The highest BCUT2D eigenvalue weighted by atomic mass is 16.5. The van der Waals surface area contributed by atoms with E-state index in [4.69, 9.17) is 4.74 Å². The minimum atomic E-state index is -0.391. The predicted molar refractivity (Wildman–Crippen MR) is 110 cm³/mol. The summed E-state index contributed by atoms with van der Waals surface area (Å²) in [5.74, 6) is -0.134. The van der Waals surface area contributed by atoms with Gasteiger partial charge in [0.2, 0.25) is 5.95 Å². The number of rotatable bonds is 5. The van der Waals surface area contributed by atoms with E-state index in [-0.39, 0.29) is 5.91 Å². The van der Waals surface area contributed by atoms with E-state index in [1.807, 2.05) is 23.1 Å². The summed E-state index contributed by atoms with van der Waals surface area (Å²) < 4.78 is 4.95. The Balaban J connectivity index is 1.43. The molecule has 0 saturated heterocycles. The first kappa shape index (κ1) is 18.6. The number of nitrogens with one attached hydrogen (secondary N) is 1. The van der Waals surface area contributed by atoms with E-state index >= 15 is 0 Å². The van der Waals surface area contributed by atoms with E-state index in [2.05, 4.69) is 21.4 Å². The van der Waals surface area contributed by atoms with Crippen molar-refractivity contribution in [3.63, 3.8) is 0 Å². The number of ether oxygens (including phenoxy) is 1. The highest BCUT2D eigenvalue weighted by Crippen LogP contribution is 2.31. The van der Waals surface area contributed by atoms with Crippen molar-refractivity contribution in [2.24, 2.45) is 0 Å². The minimum absolute atomic E-state index is 0.316. The van der Waals surface area contributed by atoms with Crippen LogP contribution in [0.2, 0.25) is 0 Å². The molecule has 1 N–H and O–H groups in total. The summed E-state index contributed by atoms with van der Waals surface area (Å²) in [6.45, 7) is 2.89. The fourth-order valence-corrected chi connectivity index (χ4v) is 3.23. The highest BCUT2D eigenvalue weighted by molar-refractivity contribution is 6.04. The van der Waals surface area contributed by atoms with Crippen molar-refractivity contribution >= 4 is 29.2 Å². The molecule has 2 aromatic carbocycles. The molecule has 0 aliphatic carbocycles. The van der Waals surface area contributed by atoms with Gasteiger partial charge in [0, 0.05) is 30.3 Å². The Morgan fingerprint density at radius 3 is 2.48 bits per heavy atom. The molecule has 0 bridgehead atoms. The van der Waals surface area contributed by atoms with E-state index in [9.17, 15) is 9.59 Å². The van der Waals surface area contributed by atoms with Gasteiger partial charge in [-0.05, 0) is 49.2 Å². The number of benzene rings is 2. The van der Waals surface area contributed by atoms with Gasteiger partial charge < -0.3 is 15.0 Å². The Bertz CT molecular complexity index is 1030. The van der Waals surface area contributed by atoms with E-state index in [0.29, 0.717) is 29.4 Å². The summed E-state index contributed by atoms with van der Waals surface area (Å²) in [5.41, 5.74) is 3.73. The van der Waals surface area contributed by atoms with Crippen molar-refractivity contribution in [1.82, 2.24) is 9.97 Å². The van der Waals surface area contributed by atoms with Gasteiger partial charge in [-0.25, -0.2) is 14.8 Å². The summed E-state index contributed by atoms with van der Waals surface area (Å²) in [6, 6.07) is 14.7. The number of carbonyl (C=O) groups excluding carboxylic acids is 2. The molecule has 146 valence electrons. The molecular formula is C22H20N4O3. The van der Waals surface area contributed by atoms with Gasteiger partial charge in [0.1, 0.15) is 0 Å². The SMILES string of the molecule is CCOC(=O)c1ccc(NC(=O)c2cnc(N3CCc4ccccc43)nc2)cc1. The molecule has 0 unspecified atom stereocenters. The van der Waals surface area contributed by atoms with Crippen molar-refractivity contribution in [2.45, 2.75) is 13.3 Å². The molecule has 4 rings (SSSR count). The van der Waals surface area contributed by atoms with E-state index < -0.39 is 5.97 Å². The van der Waals surface area contributed by atoms with Crippen LogP contribution in [0.5, 0.6) is 0 Å². The zero-order valence-electron chi connectivity index (χ0n) is 16.0. The first-order valence-electron chi connectivity index (χ1n) is 9.41. The van der Waals surface area contributed by atoms with Gasteiger partial charge in [-0.3, -0.25) is 4.79 Å². The third-order valence-electron chi connectivity index (χ3n) is 4.68. The number of hydrogen-bond donors (Lipinski definition) is 1. The molecule has 0 saturated carbocycles. The summed E-state index contributed by atoms with van der Waals surface area (Å²) in [5, 5.41) is 2.78. The third-order valence-corrected chi connectivity index (χ3v) is 4.68. The fourth-order valence-electron chi connectivity index (χ4n) is 3.23. The first-order valence-corrected chi connectivity index (χ1v) is 9.41. The summed E-state index contributed by atoms with van der Waals surface area (Å²) in [4.78, 5) is 34.9. The van der Waals surface area contributed by atoms with Gasteiger partial charge in [0.15, 0.2) is 0 Å². The molecule has 1 aliphatic rings. The van der Waals surface area contributed by atoms with Crippen molar-refractivity contribution in [2.75, 3.05) is 23.4 Å². The van der Waals surface area contributed by atoms with Gasteiger partial charge in [0.05, 0.1) is 17.7 Å². The maximum atomic E-state index is 12.5. The maximum absolute atomic E-state index is 12.5. The molecule has 1 amide bonds. The quantitative estimate of drug-likeness (QED) is 0.673. The number of nitrogens with zero attached hydrogens (tertiary/aromatic N) is 3. The number of hydrogen-bond acceptors (Lipinski definition) is 6. The van der Waals surface area contributed by atoms with Crippen LogP contribution >= 0.6 is 0 Å². The number of esters is 1. The van der Waals surface area contributed by atoms with Crippen LogP contribution < -0.4 is 10.2 Å². The van der Waals surface area contributed by atoms with Crippen LogP contribution in [0.3, 0.4) is 0 Å². The molecule has 0 fully saturated rings. The number of carbonyl (C=O) groups is 2. The monoisotopic (exact) mass is 388 g/mol. The average Bonchev–Trinajstić information content (AvgIpc) is 3.19. The second-order valence-electron chi connectivity index (χ2n) is 6.55. The van der Waals surface area contributed by atoms with Gasteiger partial charge in [-0.1, -0.05) is 18.2 Å². The molecule has 2 heterocycles. The number of aromatic nitrogens is 2. The molecule has 7 nitrogen and oxygen atoms in total. The van der Waals surface area contributed by atoms with Crippen LogP contribution in [0.25, 0.3) is 0 Å². The second kappa shape index (κ2) is 8.10. The van der Waals surface area contributed by atoms with E-state index in [1.165, 1.54) is 18.0 Å². The zero-order valence-corrected chi connectivity index (χ0v) is 16.0. The summed E-state index contributed by atoms with van der Waals surface area (Å²) in [7, 11) is 0. The zero-order chi connectivity index (χ0) is 20.2. The van der Waals surface area contributed by atoms with Crippen LogP contribution in [0.4, 0.5) is 17.3 Å². The lowest BCUT2D eigenvalue weighted by Gasteiger charge is -2.16. The van der Waals surface area contributed by atoms with Crippen LogP contribution in [-0.2, 0) is 11.2 Å². The number of fused-ring (bicyclic) bond motifs is 1. The Hall–Kier alpha value is -3.74. The van der Waals surface area contributed by atoms with Crippen LogP contribution in [0, 0.1) is 0 Å². The molecule has 29 heavy (non-hydrogen) atoms. The Morgan fingerprint density at radius 2 is 1.76 bits per heavy atom. The number of anilines is 3. The molecule has 7 heteroatoms. The largest absolute Gasteiger partial charge is 0.462 e. The molecule has 0 atom stereocenters. The molecule has 1 aliphatic heterocycles. The van der Waals surface area contributed by atoms with Gasteiger partial charge in [0.25, 0.3) is 5.91 Å². The average molecular weight is 388 g/mol. The van der Waals surface area contributed by atoms with Crippen molar-refractivity contribution in [1.29, 1.82) is 0 Å². The molecule has 3 aromatic rings. The Kier molecular flexibility index (Phi) is 5.20. The lowest BCUT2D eigenvalue weighted by molar-refractivity contribution is 0.0526. The van der Waals surface area contributed by atoms with Crippen molar-refractivity contribution in [3.05, 3.63) is 77.6 Å². The highest BCUT2D eigenvalue weighted by Gasteiger charge is 2.22. The van der Waals surface area contributed by atoms with Gasteiger partial charge in [-0.2, -0.15) is 0 Å².